The summed E-state index contributed by atoms with van der Waals surface area (Å²) in [5.74, 6) is -2.37. The molecular weight excluding hydrogens is 372 g/mol. The summed E-state index contributed by atoms with van der Waals surface area (Å²) in [5.41, 5.74) is 0. The number of nitrogens with zero attached hydrogens (tertiary/aromatic N) is 1. The average molecular weight is 409 g/mol. The third-order valence-corrected chi connectivity index (χ3v) is 6.08. The van der Waals surface area contributed by atoms with Crippen molar-refractivity contribution in [3.8, 4) is 0 Å². The van der Waals surface area contributed by atoms with E-state index >= 15 is 0 Å². The molecule has 2 N–H and O–H groups in total. The highest BCUT2D eigenvalue weighted by atomic mass is 16.5. The topological polar surface area (TPSA) is 95.9 Å². The number of hydrogen-bond donors (Lipinski definition) is 2. The lowest BCUT2D eigenvalue weighted by atomic mass is 9.69. The molecule has 0 saturated carbocycles. The summed E-state index contributed by atoms with van der Waals surface area (Å²) >= 11 is 0. The molecule has 0 radical (unpaired) electrons. The van der Waals surface area contributed by atoms with Crippen molar-refractivity contribution in [2.24, 2.45) is 23.7 Å². The Morgan fingerprint density at radius 1 is 1.28 bits per heavy atom. The Kier molecular flexibility index (Phi) is 8.68. The Bertz CT molecular complexity index is 620. The number of nitrogens with one attached hydrogen (secondary N) is 1. The molecule has 1 aliphatic heterocycles. The van der Waals surface area contributed by atoms with Gasteiger partial charge in [0.25, 0.3) is 0 Å². The molecule has 1 heterocycles. The summed E-state index contributed by atoms with van der Waals surface area (Å²) < 4.78 is 5.29. The Labute approximate surface area is 173 Å². The minimum atomic E-state index is -0.663. The first-order valence-electron chi connectivity index (χ1n) is 11.0. The van der Waals surface area contributed by atoms with Crippen LogP contribution in [-0.4, -0.2) is 59.6 Å². The molecule has 1 aliphatic carbocycles. The molecule has 1 fully saturated rings. The third-order valence-electron chi connectivity index (χ3n) is 6.08. The zero-order chi connectivity index (χ0) is 21.6. The Morgan fingerprint density at radius 2 is 2.00 bits per heavy atom. The second kappa shape index (κ2) is 10.8. The number of carbonyl (C=O) groups excluding carboxylic acids is 3. The molecule has 2 rings (SSSR count). The van der Waals surface area contributed by atoms with Crippen LogP contribution in [0.1, 0.15) is 53.4 Å². The molecule has 2 amide bonds. The molecule has 7 nitrogen and oxygen atoms in total. The number of likely N-dealkylation sites (tertiary alicyclic amines) is 1. The highest BCUT2D eigenvalue weighted by Crippen LogP contribution is 2.45. The molecule has 7 heteroatoms. The van der Waals surface area contributed by atoms with E-state index < -0.39 is 17.9 Å². The minimum absolute atomic E-state index is 0.0122. The molecule has 29 heavy (non-hydrogen) atoms. The molecule has 1 saturated heterocycles. The van der Waals surface area contributed by atoms with E-state index in [1.54, 1.807) is 11.8 Å². The lowest BCUT2D eigenvalue weighted by Crippen LogP contribution is -2.49. The standard InChI is InChI=1S/C22H36N2O5/c1-5-9-14(4)23-20(26)19-16-11-10-15(6-2)17(22(28)29-7-3)18(16)21(27)24(19)12-8-13-25/h10-11,14-19,25H,5-9,12-13H2,1-4H3,(H,23,26)/t14?,15-,16+,17-,18+,19+/m1/s1. The van der Waals surface area contributed by atoms with Crippen molar-refractivity contribution in [2.45, 2.75) is 65.5 Å². The van der Waals surface area contributed by atoms with E-state index in [2.05, 4.69) is 12.2 Å². The van der Waals surface area contributed by atoms with E-state index in [1.807, 2.05) is 26.0 Å². The van der Waals surface area contributed by atoms with E-state index in [4.69, 9.17) is 4.74 Å². The van der Waals surface area contributed by atoms with Crippen LogP contribution in [0, 0.1) is 23.7 Å². The highest BCUT2D eigenvalue weighted by Gasteiger charge is 2.57. The van der Waals surface area contributed by atoms with Gasteiger partial charge in [0.1, 0.15) is 6.04 Å². The van der Waals surface area contributed by atoms with Gasteiger partial charge in [-0.3, -0.25) is 14.4 Å². The van der Waals surface area contributed by atoms with Crippen LogP contribution in [0.4, 0.5) is 0 Å². The maximum absolute atomic E-state index is 13.4. The molecule has 164 valence electrons. The van der Waals surface area contributed by atoms with Gasteiger partial charge in [-0.05, 0) is 39.0 Å². The zero-order valence-corrected chi connectivity index (χ0v) is 18.1. The van der Waals surface area contributed by atoms with Crippen LogP contribution in [0.15, 0.2) is 12.2 Å². The van der Waals surface area contributed by atoms with Gasteiger partial charge in [-0.2, -0.15) is 0 Å². The lowest BCUT2D eigenvalue weighted by Gasteiger charge is -2.33. The van der Waals surface area contributed by atoms with Crippen LogP contribution in [0.5, 0.6) is 0 Å². The maximum Gasteiger partial charge on any atom is 0.310 e. The molecule has 1 unspecified atom stereocenters. The first kappa shape index (κ1) is 23.4. The second-order valence-corrected chi connectivity index (χ2v) is 8.09. The molecule has 2 aliphatic rings. The van der Waals surface area contributed by atoms with Crippen molar-refractivity contribution in [3.05, 3.63) is 12.2 Å². The molecule has 6 atom stereocenters. The van der Waals surface area contributed by atoms with Gasteiger partial charge in [0.2, 0.25) is 11.8 Å². The normalized spacial score (nSPS) is 29.5. The van der Waals surface area contributed by atoms with Crippen molar-refractivity contribution in [1.29, 1.82) is 0 Å². The fourth-order valence-electron chi connectivity index (χ4n) is 4.76. The minimum Gasteiger partial charge on any atom is -0.466 e. The number of rotatable bonds is 10. The van der Waals surface area contributed by atoms with E-state index in [0.717, 1.165) is 19.3 Å². The third kappa shape index (κ3) is 5.00. The number of hydrogen-bond acceptors (Lipinski definition) is 5. The largest absolute Gasteiger partial charge is 0.466 e. The van der Waals surface area contributed by atoms with Crippen LogP contribution in [0.25, 0.3) is 0 Å². The fraction of sp³-hybridized carbons (Fsp3) is 0.773. The van der Waals surface area contributed by atoms with E-state index in [-0.39, 0.29) is 48.9 Å². The summed E-state index contributed by atoms with van der Waals surface area (Å²) in [6.45, 7) is 8.25. The van der Waals surface area contributed by atoms with E-state index in [9.17, 15) is 19.5 Å². The quantitative estimate of drug-likeness (QED) is 0.425. The van der Waals surface area contributed by atoms with Gasteiger partial charge in [0.05, 0.1) is 18.4 Å². The number of aliphatic hydroxyl groups excluding tert-OH is 1. The molecule has 0 aromatic rings. The van der Waals surface area contributed by atoms with Gasteiger partial charge in [0, 0.05) is 25.1 Å². The predicted molar refractivity (Wildman–Crippen MR) is 110 cm³/mol. The number of amides is 2. The van der Waals surface area contributed by atoms with Crippen LogP contribution in [0.3, 0.4) is 0 Å². The predicted octanol–water partition coefficient (Wildman–Crippen LogP) is 1.89. The molecule has 0 bridgehead atoms. The first-order chi connectivity index (χ1) is 13.9. The van der Waals surface area contributed by atoms with Gasteiger partial charge in [-0.1, -0.05) is 32.4 Å². The highest BCUT2D eigenvalue weighted by molar-refractivity contribution is 5.96. The molecule has 0 aromatic carbocycles. The SMILES string of the molecule is CCCC(C)NC(=O)[C@@H]1[C@H]2C=C[C@@H](CC)[C@@H](C(=O)OCC)[C@H]2C(=O)N1CCCO. The second-order valence-electron chi connectivity index (χ2n) is 8.09. The lowest BCUT2D eigenvalue weighted by molar-refractivity contribution is -0.155. The molecular formula is C22H36N2O5. The van der Waals surface area contributed by atoms with Gasteiger partial charge in [0.15, 0.2) is 0 Å². The number of aliphatic hydroxyl groups is 1. The molecule has 0 spiro atoms. The summed E-state index contributed by atoms with van der Waals surface area (Å²) in [6.07, 6.45) is 6.84. The van der Waals surface area contributed by atoms with Crippen LogP contribution in [-0.2, 0) is 19.1 Å². The summed E-state index contributed by atoms with van der Waals surface area (Å²) in [5, 5.41) is 12.3. The van der Waals surface area contributed by atoms with Crippen molar-refractivity contribution >= 4 is 17.8 Å². The van der Waals surface area contributed by atoms with Crippen molar-refractivity contribution in [1.82, 2.24) is 10.2 Å². The van der Waals surface area contributed by atoms with Gasteiger partial charge >= 0.3 is 5.97 Å². The van der Waals surface area contributed by atoms with Gasteiger partial charge in [-0.25, -0.2) is 0 Å². The van der Waals surface area contributed by atoms with Crippen LogP contribution in [0.2, 0.25) is 0 Å². The van der Waals surface area contributed by atoms with Gasteiger partial charge < -0.3 is 20.1 Å². The summed E-state index contributed by atoms with van der Waals surface area (Å²) in [6, 6.07) is -0.650. The Hall–Kier alpha value is -1.89. The van der Waals surface area contributed by atoms with Crippen molar-refractivity contribution < 1.29 is 24.2 Å². The maximum atomic E-state index is 13.4. The fourth-order valence-corrected chi connectivity index (χ4v) is 4.76. The number of carbonyl (C=O) groups is 3. The van der Waals surface area contributed by atoms with Crippen molar-refractivity contribution in [3.63, 3.8) is 0 Å². The smallest absolute Gasteiger partial charge is 0.310 e. The van der Waals surface area contributed by atoms with E-state index in [0.29, 0.717) is 13.0 Å². The molecule has 0 aromatic heterocycles. The average Bonchev–Trinajstić information content (AvgIpc) is 2.97. The van der Waals surface area contributed by atoms with Crippen LogP contribution >= 0.6 is 0 Å². The Balaban J connectivity index is 2.37. The number of fused-ring (bicyclic) bond motifs is 1. The van der Waals surface area contributed by atoms with Crippen LogP contribution < -0.4 is 5.32 Å². The number of esters is 1. The monoisotopic (exact) mass is 408 g/mol. The Morgan fingerprint density at radius 3 is 2.59 bits per heavy atom. The van der Waals surface area contributed by atoms with Crippen molar-refractivity contribution in [2.75, 3.05) is 19.8 Å². The summed E-state index contributed by atoms with van der Waals surface area (Å²) in [4.78, 5) is 40.8. The van der Waals surface area contributed by atoms with Gasteiger partial charge in [-0.15, -0.1) is 0 Å². The van der Waals surface area contributed by atoms with E-state index in [1.165, 1.54) is 0 Å². The first-order valence-corrected chi connectivity index (χ1v) is 11.0. The summed E-state index contributed by atoms with van der Waals surface area (Å²) in [7, 11) is 0. The zero-order valence-electron chi connectivity index (χ0n) is 18.1. The number of allylic oxidation sites excluding steroid dienone is 1. The number of ether oxygens (including phenoxy) is 1.